The van der Waals surface area contributed by atoms with Crippen molar-refractivity contribution in [3.8, 4) is 11.3 Å². The normalized spacial score (nSPS) is 12.4. The molecular formula is C17H15F3N2O3S2. The number of nitrogens with zero attached hydrogens (tertiary/aromatic N) is 1. The molecule has 2 aromatic heterocycles. The van der Waals surface area contributed by atoms with Gasteiger partial charge in [0.1, 0.15) is 10.6 Å². The Morgan fingerprint density at radius 1 is 1.07 bits per heavy atom. The van der Waals surface area contributed by atoms with Gasteiger partial charge in [0.25, 0.3) is 10.0 Å². The van der Waals surface area contributed by atoms with Crippen LogP contribution in [0.4, 0.5) is 18.9 Å². The standard InChI is InChI=1S/C17H15F3N2O3S2/c1-9-4-6-12(7-5-9)22-27(23,24)16-11(3)26-10(2)15(16)13-8-14(25-21-13)17(18,19)20/h4-8,22H,1-3H3. The highest BCUT2D eigenvalue weighted by Crippen LogP contribution is 2.41. The Balaban J connectivity index is 2.08. The number of rotatable bonds is 4. The maximum atomic E-state index is 12.9. The number of hydrogen-bond acceptors (Lipinski definition) is 5. The second-order valence-electron chi connectivity index (χ2n) is 5.96. The maximum absolute atomic E-state index is 12.9. The molecule has 0 atom stereocenters. The van der Waals surface area contributed by atoms with Crippen LogP contribution in [0.15, 0.2) is 39.8 Å². The Labute approximate surface area is 157 Å². The number of aromatic nitrogens is 1. The van der Waals surface area contributed by atoms with Crippen molar-refractivity contribution >= 4 is 27.0 Å². The number of halogens is 3. The quantitative estimate of drug-likeness (QED) is 0.639. The van der Waals surface area contributed by atoms with Crippen molar-refractivity contribution in [1.82, 2.24) is 5.16 Å². The molecule has 3 aromatic rings. The van der Waals surface area contributed by atoms with Gasteiger partial charge < -0.3 is 4.52 Å². The number of nitrogens with one attached hydrogen (secondary N) is 1. The van der Waals surface area contributed by atoms with Gasteiger partial charge in [0.05, 0.1) is 0 Å². The van der Waals surface area contributed by atoms with Crippen LogP contribution < -0.4 is 4.72 Å². The molecule has 0 aliphatic rings. The molecule has 0 aliphatic heterocycles. The molecule has 1 aromatic carbocycles. The van der Waals surface area contributed by atoms with E-state index in [9.17, 15) is 21.6 Å². The van der Waals surface area contributed by atoms with Crippen LogP contribution in [-0.4, -0.2) is 13.6 Å². The lowest BCUT2D eigenvalue weighted by Crippen LogP contribution is -2.14. The van der Waals surface area contributed by atoms with Crippen molar-refractivity contribution in [3.05, 3.63) is 51.4 Å². The van der Waals surface area contributed by atoms with Gasteiger partial charge in [-0.15, -0.1) is 11.3 Å². The molecule has 0 amide bonds. The van der Waals surface area contributed by atoms with Crippen LogP contribution in [0.2, 0.25) is 0 Å². The Morgan fingerprint density at radius 3 is 2.26 bits per heavy atom. The summed E-state index contributed by atoms with van der Waals surface area (Å²) in [6, 6.07) is 7.42. The molecule has 1 N–H and O–H groups in total. The van der Waals surface area contributed by atoms with E-state index in [4.69, 9.17) is 0 Å². The van der Waals surface area contributed by atoms with E-state index in [1.54, 1.807) is 38.1 Å². The molecule has 2 heterocycles. The summed E-state index contributed by atoms with van der Waals surface area (Å²) in [5.74, 6) is -1.28. The van der Waals surface area contributed by atoms with Gasteiger partial charge in [0.15, 0.2) is 0 Å². The fourth-order valence-corrected chi connectivity index (χ4v) is 5.57. The Bertz CT molecular complexity index is 1080. The average Bonchev–Trinajstić information content (AvgIpc) is 3.13. The van der Waals surface area contributed by atoms with Gasteiger partial charge in [0, 0.05) is 27.1 Å². The van der Waals surface area contributed by atoms with Gasteiger partial charge in [-0.2, -0.15) is 13.2 Å². The summed E-state index contributed by atoms with van der Waals surface area (Å²) < 4.78 is 71.1. The Hall–Kier alpha value is -2.33. The zero-order chi connectivity index (χ0) is 20.0. The van der Waals surface area contributed by atoms with Gasteiger partial charge >= 0.3 is 6.18 Å². The Kier molecular flexibility index (Phi) is 4.81. The molecular weight excluding hydrogens is 401 g/mol. The first-order valence-corrected chi connectivity index (χ1v) is 10.0. The van der Waals surface area contributed by atoms with E-state index in [1.165, 1.54) is 11.3 Å². The van der Waals surface area contributed by atoms with E-state index >= 15 is 0 Å². The molecule has 5 nitrogen and oxygen atoms in total. The largest absolute Gasteiger partial charge is 0.452 e. The fraction of sp³-hybridized carbons (Fsp3) is 0.235. The van der Waals surface area contributed by atoms with Crippen LogP contribution in [0.1, 0.15) is 21.1 Å². The first-order chi connectivity index (χ1) is 12.5. The first-order valence-electron chi connectivity index (χ1n) is 7.73. The van der Waals surface area contributed by atoms with Crippen molar-refractivity contribution in [3.63, 3.8) is 0 Å². The minimum atomic E-state index is -4.70. The third-order valence-corrected chi connectivity index (χ3v) is 6.53. The average molecular weight is 416 g/mol. The minimum absolute atomic E-state index is 0.104. The third kappa shape index (κ3) is 3.86. The van der Waals surface area contributed by atoms with Gasteiger partial charge in [-0.3, -0.25) is 4.72 Å². The summed E-state index contributed by atoms with van der Waals surface area (Å²) in [4.78, 5) is 0.866. The van der Waals surface area contributed by atoms with Crippen molar-refractivity contribution in [1.29, 1.82) is 0 Å². The number of alkyl halides is 3. The minimum Gasteiger partial charge on any atom is -0.351 e. The molecule has 0 radical (unpaired) electrons. The number of hydrogen-bond donors (Lipinski definition) is 1. The Morgan fingerprint density at radius 2 is 1.70 bits per heavy atom. The number of anilines is 1. The second kappa shape index (κ2) is 6.68. The molecule has 27 heavy (non-hydrogen) atoms. The van der Waals surface area contributed by atoms with Gasteiger partial charge in [0.2, 0.25) is 5.76 Å². The van der Waals surface area contributed by atoms with Gasteiger partial charge in [-0.1, -0.05) is 22.9 Å². The fourth-order valence-electron chi connectivity index (χ4n) is 2.64. The van der Waals surface area contributed by atoms with Gasteiger partial charge in [-0.05, 0) is 32.9 Å². The zero-order valence-corrected chi connectivity index (χ0v) is 16.1. The lowest BCUT2D eigenvalue weighted by Gasteiger charge is -2.10. The number of thiophene rings is 1. The van der Waals surface area contributed by atoms with E-state index < -0.39 is 22.0 Å². The summed E-state index contributed by atoms with van der Waals surface area (Å²) in [6.07, 6.45) is -4.70. The molecule has 0 saturated carbocycles. The van der Waals surface area contributed by atoms with E-state index in [1.807, 2.05) is 6.92 Å². The molecule has 0 bridgehead atoms. The lowest BCUT2D eigenvalue weighted by atomic mass is 10.1. The molecule has 0 unspecified atom stereocenters. The zero-order valence-electron chi connectivity index (χ0n) is 14.5. The summed E-state index contributed by atoms with van der Waals surface area (Å²) >= 11 is 1.17. The van der Waals surface area contributed by atoms with Crippen LogP contribution in [-0.2, 0) is 16.2 Å². The van der Waals surface area contributed by atoms with Crippen molar-refractivity contribution < 1.29 is 26.1 Å². The second-order valence-corrected chi connectivity index (χ2v) is 9.01. The van der Waals surface area contributed by atoms with Crippen LogP contribution in [0.3, 0.4) is 0 Å². The molecule has 0 spiro atoms. The van der Waals surface area contributed by atoms with Crippen molar-refractivity contribution in [2.24, 2.45) is 0 Å². The van der Waals surface area contributed by atoms with Crippen LogP contribution in [0.25, 0.3) is 11.3 Å². The maximum Gasteiger partial charge on any atom is 0.452 e. The first kappa shape index (κ1) is 19.4. The summed E-state index contributed by atoms with van der Waals surface area (Å²) in [5.41, 5.74) is 1.25. The predicted octanol–water partition coefficient (Wildman–Crippen LogP) is 5.15. The highest BCUT2D eigenvalue weighted by molar-refractivity contribution is 7.93. The van der Waals surface area contributed by atoms with Crippen LogP contribution >= 0.6 is 11.3 Å². The molecule has 10 heteroatoms. The lowest BCUT2D eigenvalue weighted by molar-refractivity contribution is -0.155. The highest BCUT2D eigenvalue weighted by Gasteiger charge is 2.37. The van der Waals surface area contributed by atoms with Gasteiger partial charge in [-0.25, -0.2) is 8.42 Å². The van der Waals surface area contributed by atoms with Crippen LogP contribution in [0.5, 0.6) is 0 Å². The third-order valence-electron chi connectivity index (χ3n) is 3.82. The predicted molar refractivity (Wildman–Crippen MR) is 96.3 cm³/mol. The van der Waals surface area contributed by atoms with E-state index in [0.29, 0.717) is 21.5 Å². The molecule has 0 fully saturated rings. The smallest absolute Gasteiger partial charge is 0.351 e. The number of aryl methyl sites for hydroxylation is 3. The summed E-state index contributed by atoms with van der Waals surface area (Å²) in [6.45, 7) is 5.08. The monoisotopic (exact) mass is 416 g/mol. The van der Waals surface area contributed by atoms with E-state index in [2.05, 4.69) is 14.4 Å². The van der Waals surface area contributed by atoms with E-state index in [0.717, 1.165) is 5.56 Å². The van der Waals surface area contributed by atoms with Crippen molar-refractivity contribution in [2.45, 2.75) is 31.8 Å². The SMILES string of the molecule is Cc1ccc(NS(=O)(=O)c2c(C)sc(C)c2-c2cc(C(F)(F)F)on2)cc1. The topological polar surface area (TPSA) is 72.2 Å². The summed E-state index contributed by atoms with van der Waals surface area (Å²) in [5, 5.41) is 3.44. The van der Waals surface area contributed by atoms with Crippen LogP contribution in [0, 0.1) is 20.8 Å². The molecule has 3 rings (SSSR count). The van der Waals surface area contributed by atoms with E-state index in [-0.39, 0.29) is 16.2 Å². The highest BCUT2D eigenvalue weighted by atomic mass is 32.2. The molecule has 0 aliphatic carbocycles. The van der Waals surface area contributed by atoms with Crippen molar-refractivity contribution in [2.75, 3.05) is 4.72 Å². The number of benzene rings is 1. The molecule has 0 saturated heterocycles. The molecule has 144 valence electrons. The number of sulfonamides is 1. The summed E-state index contributed by atoms with van der Waals surface area (Å²) in [7, 11) is -4.04.